The van der Waals surface area contributed by atoms with Crippen LogP contribution in [0, 0.1) is 5.82 Å². The van der Waals surface area contributed by atoms with Crippen molar-refractivity contribution in [1.29, 1.82) is 0 Å². The Morgan fingerprint density at radius 3 is 2.49 bits per heavy atom. The van der Waals surface area contributed by atoms with Crippen LogP contribution in [0.1, 0.15) is 68.7 Å². The lowest BCUT2D eigenvalue weighted by Gasteiger charge is -2.35. The molecule has 1 N–H and O–H groups in total. The van der Waals surface area contributed by atoms with Crippen molar-refractivity contribution in [2.24, 2.45) is 7.05 Å². The second-order valence-corrected chi connectivity index (χ2v) is 10.1. The van der Waals surface area contributed by atoms with Crippen molar-refractivity contribution in [1.82, 2.24) is 19.7 Å². The minimum atomic E-state index is -4.82. The first kappa shape index (κ1) is 27.3. The number of halogens is 5. The van der Waals surface area contributed by atoms with E-state index in [-0.39, 0.29) is 34.4 Å². The van der Waals surface area contributed by atoms with E-state index in [0.29, 0.717) is 17.5 Å². The zero-order valence-electron chi connectivity index (χ0n) is 21.2. The van der Waals surface area contributed by atoms with E-state index >= 15 is 0 Å². The van der Waals surface area contributed by atoms with Gasteiger partial charge in [0.2, 0.25) is 0 Å². The van der Waals surface area contributed by atoms with Crippen LogP contribution in [-0.4, -0.2) is 38.8 Å². The van der Waals surface area contributed by atoms with Gasteiger partial charge in [-0.3, -0.25) is 4.79 Å². The van der Waals surface area contributed by atoms with Gasteiger partial charge in [-0.15, -0.1) is 0 Å². The number of aryl methyl sites for hydroxylation is 1. The third-order valence-electron chi connectivity index (χ3n) is 7.13. The standard InChI is InChI=1S/C26H30ClF4N5O/c1-5-20(16-7-6-8-19(21(16)28)26(29,30)31)32-24-18-13-17(15-9-11-36(12-10-15)14(2)3)23(27)33-22(18)25(37)35(4)34-24/h6-8,13-15,20H,5,9-12H2,1-4H3,(H,32,34)/t20-/m1/s1. The topological polar surface area (TPSA) is 63.1 Å². The van der Waals surface area contributed by atoms with Gasteiger partial charge in [-0.25, -0.2) is 14.1 Å². The van der Waals surface area contributed by atoms with Crippen molar-refractivity contribution in [2.45, 2.75) is 64.2 Å². The molecule has 0 saturated carbocycles. The number of pyridine rings is 1. The molecule has 0 radical (unpaired) electrons. The number of hydrogen-bond donors (Lipinski definition) is 1. The van der Waals surface area contributed by atoms with E-state index in [0.717, 1.165) is 36.2 Å². The van der Waals surface area contributed by atoms with Crippen molar-refractivity contribution >= 4 is 28.3 Å². The molecule has 0 amide bonds. The fourth-order valence-electron chi connectivity index (χ4n) is 4.97. The van der Waals surface area contributed by atoms with E-state index in [4.69, 9.17) is 11.6 Å². The van der Waals surface area contributed by atoms with E-state index in [9.17, 15) is 22.4 Å². The van der Waals surface area contributed by atoms with Gasteiger partial charge in [-0.05, 0) is 69.8 Å². The van der Waals surface area contributed by atoms with Crippen LogP contribution >= 0.6 is 11.6 Å². The summed E-state index contributed by atoms with van der Waals surface area (Å²) in [5.74, 6) is -0.966. The van der Waals surface area contributed by atoms with Gasteiger partial charge < -0.3 is 10.2 Å². The molecule has 1 aromatic carbocycles. The highest BCUT2D eigenvalue weighted by Gasteiger charge is 2.36. The number of fused-ring (bicyclic) bond motifs is 1. The Morgan fingerprint density at radius 1 is 1.22 bits per heavy atom. The molecule has 11 heteroatoms. The number of alkyl halides is 3. The number of piperidine rings is 1. The van der Waals surface area contributed by atoms with Gasteiger partial charge in [0.05, 0.1) is 17.0 Å². The van der Waals surface area contributed by atoms with Gasteiger partial charge in [0.25, 0.3) is 5.56 Å². The maximum absolute atomic E-state index is 14.9. The molecule has 4 rings (SSSR count). The molecule has 2 aromatic heterocycles. The highest BCUT2D eigenvalue weighted by molar-refractivity contribution is 6.30. The van der Waals surface area contributed by atoms with E-state index in [1.54, 1.807) is 13.0 Å². The van der Waals surface area contributed by atoms with Crippen LogP contribution in [0.15, 0.2) is 29.1 Å². The zero-order chi connectivity index (χ0) is 27.1. The monoisotopic (exact) mass is 539 g/mol. The van der Waals surface area contributed by atoms with Crippen molar-refractivity contribution in [3.63, 3.8) is 0 Å². The third kappa shape index (κ3) is 5.45. The maximum Gasteiger partial charge on any atom is 0.419 e. The Balaban J connectivity index is 1.76. The molecule has 200 valence electrons. The Labute approximate surface area is 217 Å². The summed E-state index contributed by atoms with van der Waals surface area (Å²) in [5.41, 5.74) is -1.03. The summed E-state index contributed by atoms with van der Waals surface area (Å²) in [6.45, 7) is 7.85. The number of hydrogen-bond acceptors (Lipinski definition) is 5. The van der Waals surface area contributed by atoms with E-state index < -0.39 is 29.2 Å². The molecule has 0 unspecified atom stereocenters. The van der Waals surface area contributed by atoms with Crippen LogP contribution in [0.5, 0.6) is 0 Å². The highest BCUT2D eigenvalue weighted by Crippen LogP contribution is 2.38. The van der Waals surface area contributed by atoms with Crippen LogP contribution in [0.25, 0.3) is 10.9 Å². The Morgan fingerprint density at radius 2 is 1.89 bits per heavy atom. The molecule has 3 heterocycles. The Kier molecular flexibility index (Phi) is 7.80. The third-order valence-corrected chi connectivity index (χ3v) is 7.44. The molecular weight excluding hydrogens is 510 g/mol. The van der Waals surface area contributed by atoms with Crippen molar-refractivity contribution in [3.05, 3.63) is 62.3 Å². The first-order valence-corrected chi connectivity index (χ1v) is 12.7. The zero-order valence-corrected chi connectivity index (χ0v) is 21.9. The van der Waals surface area contributed by atoms with Gasteiger partial charge in [-0.2, -0.15) is 18.3 Å². The number of benzene rings is 1. The molecule has 6 nitrogen and oxygen atoms in total. The van der Waals surface area contributed by atoms with E-state index in [1.165, 1.54) is 19.2 Å². The molecular formula is C26H30ClF4N5O. The Bertz CT molecular complexity index is 1350. The lowest BCUT2D eigenvalue weighted by atomic mass is 9.89. The summed E-state index contributed by atoms with van der Waals surface area (Å²) in [5, 5.41) is 8.05. The lowest BCUT2D eigenvalue weighted by Crippen LogP contribution is -2.37. The maximum atomic E-state index is 14.9. The van der Waals surface area contributed by atoms with Gasteiger partial charge >= 0.3 is 6.18 Å². The quantitative estimate of drug-likeness (QED) is 0.294. The molecule has 37 heavy (non-hydrogen) atoms. The minimum absolute atomic E-state index is 0.0905. The predicted octanol–water partition coefficient (Wildman–Crippen LogP) is 6.29. The van der Waals surface area contributed by atoms with Crippen LogP contribution in [-0.2, 0) is 13.2 Å². The number of aromatic nitrogens is 3. The smallest absolute Gasteiger partial charge is 0.361 e. The second kappa shape index (κ2) is 10.6. The first-order valence-electron chi connectivity index (χ1n) is 12.4. The van der Waals surface area contributed by atoms with Crippen LogP contribution < -0.4 is 10.9 Å². The minimum Gasteiger partial charge on any atom is -0.361 e. The summed E-state index contributed by atoms with van der Waals surface area (Å²) in [6.07, 6.45) is -2.80. The summed E-state index contributed by atoms with van der Waals surface area (Å²) >= 11 is 6.55. The van der Waals surface area contributed by atoms with Gasteiger partial charge in [-0.1, -0.05) is 30.7 Å². The fraction of sp³-hybridized carbons (Fsp3) is 0.500. The van der Waals surface area contributed by atoms with Crippen molar-refractivity contribution in [2.75, 3.05) is 18.4 Å². The van der Waals surface area contributed by atoms with Crippen molar-refractivity contribution < 1.29 is 17.6 Å². The second-order valence-electron chi connectivity index (χ2n) is 9.76. The first-order chi connectivity index (χ1) is 17.4. The molecule has 1 atom stereocenters. The largest absolute Gasteiger partial charge is 0.419 e. The summed E-state index contributed by atoms with van der Waals surface area (Å²) in [4.78, 5) is 19.6. The summed E-state index contributed by atoms with van der Waals surface area (Å²) in [7, 11) is 1.45. The molecule has 1 aliphatic rings. The average molecular weight is 540 g/mol. The molecule has 1 fully saturated rings. The van der Waals surface area contributed by atoms with E-state index in [1.807, 2.05) is 0 Å². The summed E-state index contributed by atoms with van der Waals surface area (Å²) < 4.78 is 56.0. The molecule has 3 aromatic rings. The molecule has 0 bridgehead atoms. The SMILES string of the molecule is CC[C@@H](Nc1nn(C)c(=O)c2nc(Cl)c(C3CCN(C(C)C)CC3)cc12)c1cccc(C(F)(F)F)c1F. The number of nitrogens with zero attached hydrogens (tertiary/aromatic N) is 4. The lowest BCUT2D eigenvalue weighted by molar-refractivity contribution is -0.140. The van der Waals surface area contributed by atoms with Crippen LogP contribution in [0.2, 0.25) is 5.15 Å². The number of likely N-dealkylation sites (tertiary alicyclic amines) is 1. The molecule has 0 aliphatic carbocycles. The number of anilines is 1. The van der Waals surface area contributed by atoms with Crippen molar-refractivity contribution in [3.8, 4) is 0 Å². The predicted molar refractivity (Wildman–Crippen MR) is 137 cm³/mol. The van der Waals surface area contributed by atoms with Gasteiger partial charge in [0.15, 0.2) is 5.82 Å². The molecule has 1 saturated heterocycles. The van der Waals surface area contributed by atoms with Crippen LogP contribution in [0.4, 0.5) is 23.4 Å². The number of nitrogens with one attached hydrogen (secondary N) is 1. The number of rotatable bonds is 6. The van der Waals surface area contributed by atoms with Gasteiger partial charge in [0.1, 0.15) is 16.5 Å². The van der Waals surface area contributed by atoms with Crippen LogP contribution in [0.3, 0.4) is 0 Å². The average Bonchev–Trinajstić information content (AvgIpc) is 2.85. The molecule has 1 aliphatic heterocycles. The van der Waals surface area contributed by atoms with Gasteiger partial charge in [0, 0.05) is 18.7 Å². The Hall–Kier alpha value is -2.72. The summed E-state index contributed by atoms with van der Waals surface area (Å²) in [6, 6.07) is 4.63. The van der Waals surface area contributed by atoms with E-state index in [2.05, 4.69) is 34.1 Å². The molecule has 0 spiro atoms. The fourth-order valence-corrected chi connectivity index (χ4v) is 5.27. The highest BCUT2D eigenvalue weighted by atomic mass is 35.5. The normalized spacial score (nSPS) is 16.5.